The number of aryl methyl sites for hydroxylation is 2. The molecule has 2 aromatic heterocycles. The number of hydrogen-bond donors (Lipinski definition) is 1. The lowest BCUT2D eigenvalue weighted by Crippen LogP contribution is -2.11. The van der Waals surface area contributed by atoms with Crippen LogP contribution in [-0.4, -0.2) is 26.3 Å². The van der Waals surface area contributed by atoms with Crippen molar-refractivity contribution in [1.29, 1.82) is 0 Å². The van der Waals surface area contributed by atoms with Crippen LogP contribution in [-0.2, 0) is 17.6 Å². The number of halogens is 1. The Labute approximate surface area is 164 Å². The molecule has 134 valence electrons. The smallest absolute Gasteiger partial charge is 0.316 e. The van der Waals surface area contributed by atoms with Crippen LogP contribution in [0.4, 0.5) is 0 Å². The van der Waals surface area contributed by atoms with Gasteiger partial charge in [0, 0.05) is 10.9 Å². The zero-order valence-electron chi connectivity index (χ0n) is 14.2. The molecule has 0 saturated heterocycles. The molecule has 0 aliphatic heterocycles. The molecule has 0 saturated carbocycles. The Morgan fingerprint density at radius 2 is 2.04 bits per heavy atom. The molecular weight excluding hydrogens is 388 g/mol. The molecule has 1 aliphatic rings. The van der Waals surface area contributed by atoms with Gasteiger partial charge in [-0.2, -0.15) is 0 Å². The first kappa shape index (κ1) is 17.8. The van der Waals surface area contributed by atoms with Gasteiger partial charge in [0.25, 0.3) is 0 Å². The summed E-state index contributed by atoms with van der Waals surface area (Å²) in [4.78, 5) is 20.7. The topological polar surface area (TPSA) is 63.1 Å². The van der Waals surface area contributed by atoms with Crippen LogP contribution in [0, 0.1) is 0 Å². The molecule has 1 N–H and O–H groups in total. The number of carboxylic acid groups (broad SMARTS) is 1. The van der Waals surface area contributed by atoms with Gasteiger partial charge < -0.3 is 5.11 Å². The molecule has 7 heteroatoms. The lowest BCUT2D eigenvalue weighted by atomic mass is 9.89. The molecule has 1 atom stereocenters. The quantitative estimate of drug-likeness (QED) is 0.355. The summed E-state index contributed by atoms with van der Waals surface area (Å²) in [5.74, 6) is -0.893. The van der Waals surface area contributed by atoms with Gasteiger partial charge in [0.05, 0.1) is 5.39 Å². The Morgan fingerprint density at radius 3 is 2.81 bits per heavy atom. The normalized spacial score (nSPS) is 15.0. The van der Waals surface area contributed by atoms with Crippen LogP contribution in [0.15, 0.2) is 28.7 Å². The van der Waals surface area contributed by atoms with E-state index in [1.54, 1.807) is 6.92 Å². The predicted molar refractivity (Wildman–Crippen MR) is 107 cm³/mol. The summed E-state index contributed by atoms with van der Waals surface area (Å²) in [5, 5.41) is 12.1. The highest BCUT2D eigenvalue weighted by molar-refractivity contribution is 8.00. The van der Waals surface area contributed by atoms with Gasteiger partial charge in [0.2, 0.25) is 0 Å². The minimum absolute atomic E-state index is 0.379. The third-order valence-corrected chi connectivity index (χ3v) is 6.75. The highest BCUT2D eigenvalue weighted by Crippen LogP contribution is 2.39. The average Bonchev–Trinajstić information content (AvgIpc) is 3.05. The summed E-state index contributed by atoms with van der Waals surface area (Å²) in [6, 6.07) is 6.64. The van der Waals surface area contributed by atoms with Gasteiger partial charge in [0.1, 0.15) is 15.2 Å². The number of carbonyl (C=O) groups is 1. The van der Waals surface area contributed by atoms with Gasteiger partial charge in [-0.15, -0.1) is 11.3 Å². The van der Waals surface area contributed by atoms with Crippen LogP contribution in [0.2, 0.25) is 5.15 Å². The first-order valence-electron chi connectivity index (χ1n) is 8.49. The SMILES string of the molecule is CC(Sc1nc(Cl)c2c(-c3ccc4c(c3)CCCC4)csc2n1)C(=O)O. The predicted octanol–water partition coefficient (Wildman–Crippen LogP) is 5.46. The van der Waals surface area contributed by atoms with E-state index in [4.69, 9.17) is 16.7 Å². The minimum Gasteiger partial charge on any atom is -0.480 e. The number of carboxylic acids is 1. The van der Waals surface area contributed by atoms with Crippen molar-refractivity contribution >= 4 is 50.9 Å². The molecule has 0 fully saturated rings. The molecule has 1 aromatic carbocycles. The third-order valence-electron chi connectivity index (χ3n) is 4.66. The van der Waals surface area contributed by atoms with E-state index in [2.05, 4.69) is 33.5 Å². The fourth-order valence-corrected chi connectivity index (χ4v) is 5.34. The maximum Gasteiger partial charge on any atom is 0.316 e. The Morgan fingerprint density at radius 1 is 1.27 bits per heavy atom. The van der Waals surface area contributed by atoms with E-state index in [1.807, 2.05) is 0 Å². The first-order chi connectivity index (χ1) is 12.5. The Bertz CT molecular complexity index is 1000. The zero-order valence-corrected chi connectivity index (χ0v) is 16.5. The second kappa shape index (κ2) is 7.18. The summed E-state index contributed by atoms with van der Waals surface area (Å²) in [5.41, 5.74) is 5.06. The van der Waals surface area contributed by atoms with Crippen LogP contribution in [0.1, 0.15) is 30.9 Å². The van der Waals surface area contributed by atoms with E-state index in [1.165, 1.54) is 35.3 Å². The second-order valence-corrected chi connectivity index (χ2v) is 8.94. The maximum atomic E-state index is 11.1. The Balaban J connectivity index is 1.74. The van der Waals surface area contributed by atoms with E-state index in [0.717, 1.165) is 45.9 Å². The summed E-state index contributed by atoms with van der Waals surface area (Å²) >= 11 is 9.08. The number of rotatable bonds is 4. The van der Waals surface area contributed by atoms with Crippen molar-refractivity contribution in [2.45, 2.75) is 43.0 Å². The summed E-state index contributed by atoms with van der Waals surface area (Å²) in [7, 11) is 0. The molecule has 4 nitrogen and oxygen atoms in total. The van der Waals surface area contributed by atoms with E-state index >= 15 is 0 Å². The molecule has 0 bridgehead atoms. The zero-order chi connectivity index (χ0) is 18.3. The van der Waals surface area contributed by atoms with Crippen molar-refractivity contribution in [3.8, 4) is 11.1 Å². The third kappa shape index (κ3) is 3.33. The summed E-state index contributed by atoms with van der Waals surface area (Å²) in [6.07, 6.45) is 4.80. The summed E-state index contributed by atoms with van der Waals surface area (Å²) in [6.45, 7) is 1.61. The highest BCUT2D eigenvalue weighted by Gasteiger charge is 2.19. The van der Waals surface area contributed by atoms with Gasteiger partial charge in [0.15, 0.2) is 5.16 Å². The van der Waals surface area contributed by atoms with Crippen LogP contribution in [0.5, 0.6) is 0 Å². The molecule has 3 aromatic rings. The summed E-state index contributed by atoms with van der Waals surface area (Å²) < 4.78 is 0. The van der Waals surface area contributed by atoms with Crippen LogP contribution in [0.25, 0.3) is 21.3 Å². The molecule has 2 heterocycles. The van der Waals surface area contributed by atoms with E-state index in [9.17, 15) is 4.79 Å². The molecule has 0 spiro atoms. The van der Waals surface area contributed by atoms with Crippen molar-refractivity contribution in [2.75, 3.05) is 0 Å². The van der Waals surface area contributed by atoms with Gasteiger partial charge in [-0.3, -0.25) is 4.79 Å². The fourth-order valence-electron chi connectivity index (χ4n) is 3.26. The van der Waals surface area contributed by atoms with Gasteiger partial charge in [-0.05, 0) is 49.3 Å². The van der Waals surface area contributed by atoms with Crippen LogP contribution >= 0.6 is 34.7 Å². The van der Waals surface area contributed by atoms with Gasteiger partial charge >= 0.3 is 5.97 Å². The number of thiophene rings is 1. The van der Waals surface area contributed by atoms with E-state index < -0.39 is 11.2 Å². The maximum absolute atomic E-state index is 11.1. The lowest BCUT2D eigenvalue weighted by Gasteiger charge is -2.16. The number of aliphatic carboxylic acids is 1. The lowest BCUT2D eigenvalue weighted by molar-refractivity contribution is -0.136. The monoisotopic (exact) mass is 404 g/mol. The number of fused-ring (bicyclic) bond motifs is 2. The second-order valence-electron chi connectivity index (χ2n) is 6.42. The van der Waals surface area contributed by atoms with E-state index in [0.29, 0.717) is 10.3 Å². The van der Waals surface area contributed by atoms with Crippen molar-refractivity contribution in [3.05, 3.63) is 39.9 Å². The van der Waals surface area contributed by atoms with E-state index in [-0.39, 0.29) is 0 Å². The van der Waals surface area contributed by atoms with Crippen LogP contribution in [0.3, 0.4) is 0 Å². The number of thioether (sulfide) groups is 1. The van der Waals surface area contributed by atoms with Crippen molar-refractivity contribution < 1.29 is 9.90 Å². The van der Waals surface area contributed by atoms with Crippen molar-refractivity contribution in [1.82, 2.24) is 9.97 Å². The molecule has 4 rings (SSSR count). The van der Waals surface area contributed by atoms with Gasteiger partial charge in [-0.25, -0.2) is 9.97 Å². The Kier molecular flexibility index (Phi) is 4.90. The van der Waals surface area contributed by atoms with Crippen molar-refractivity contribution in [2.24, 2.45) is 0 Å². The van der Waals surface area contributed by atoms with Gasteiger partial charge in [-0.1, -0.05) is 41.6 Å². The highest BCUT2D eigenvalue weighted by atomic mass is 35.5. The Hall–Kier alpha value is -1.63. The fraction of sp³-hybridized carbons (Fsp3) is 0.316. The molecule has 1 aliphatic carbocycles. The number of nitrogens with zero attached hydrogens (tertiary/aromatic N) is 2. The largest absolute Gasteiger partial charge is 0.480 e. The average molecular weight is 405 g/mol. The van der Waals surface area contributed by atoms with Crippen molar-refractivity contribution in [3.63, 3.8) is 0 Å². The minimum atomic E-state index is -0.893. The molecule has 0 radical (unpaired) electrons. The number of hydrogen-bond acceptors (Lipinski definition) is 5. The number of aromatic nitrogens is 2. The number of benzene rings is 1. The molecular formula is C19H17ClN2O2S2. The molecule has 1 unspecified atom stereocenters. The molecule has 26 heavy (non-hydrogen) atoms. The molecule has 0 amide bonds. The van der Waals surface area contributed by atoms with Crippen LogP contribution < -0.4 is 0 Å². The first-order valence-corrected chi connectivity index (χ1v) is 10.6. The standard InChI is InChI=1S/C19H17ClN2O2S2/c1-10(18(23)24)26-19-21-16(20)15-14(9-25-17(15)22-19)13-7-6-11-4-2-3-5-12(11)8-13/h6-10H,2-5H2,1H3,(H,23,24).